The van der Waals surface area contributed by atoms with Gasteiger partial charge >= 0.3 is 6.03 Å². The summed E-state index contributed by atoms with van der Waals surface area (Å²) in [6.45, 7) is 2.58. The number of nitrogens with one attached hydrogen (secondary N) is 3. The quantitative estimate of drug-likeness (QED) is 0.472. The molecule has 9 heteroatoms. The van der Waals surface area contributed by atoms with Crippen LogP contribution >= 0.6 is 0 Å². The molecule has 3 rings (SSSR count). The molecule has 1 aliphatic carbocycles. The summed E-state index contributed by atoms with van der Waals surface area (Å²) in [6.07, 6.45) is 3.60. The lowest BCUT2D eigenvalue weighted by Crippen LogP contribution is -2.44. The van der Waals surface area contributed by atoms with Crippen LogP contribution in [0.25, 0.3) is 0 Å². The normalized spacial score (nSPS) is 17.3. The second-order valence-electron chi connectivity index (χ2n) is 7.24. The smallest absolute Gasteiger partial charge is 0.325 e. The van der Waals surface area contributed by atoms with Gasteiger partial charge < -0.3 is 10.1 Å². The zero-order valence-electron chi connectivity index (χ0n) is 16.5. The fourth-order valence-corrected chi connectivity index (χ4v) is 3.72. The molecule has 1 heterocycles. The molecule has 1 aromatic carbocycles. The van der Waals surface area contributed by atoms with Crippen molar-refractivity contribution < 1.29 is 23.9 Å². The summed E-state index contributed by atoms with van der Waals surface area (Å²) in [5, 5.41) is 2.81. The molecule has 2 fully saturated rings. The molecule has 3 N–H and O–H groups in total. The van der Waals surface area contributed by atoms with Gasteiger partial charge in [-0.25, -0.2) is 4.79 Å². The summed E-state index contributed by atoms with van der Waals surface area (Å²) in [5.74, 6) is -0.372. The lowest BCUT2D eigenvalue weighted by Gasteiger charge is -2.19. The highest BCUT2D eigenvalue weighted by molar-refractivity contribution is 6.07. The van der Waals surface area contributed by atoms with E-state index in [0.717, 1.165) is 12.8 Å². The number of nitrogens with zero attached hydrogens (tertiary/aromatic N) is 1. The van der Waals surface area contributed by atoms with E-state index in [9.17, 15) is 19.2 Å². The van der Waals surface area contributed by atoms with Crippen LogP contribution in [0.2, 0.25) is 0 Å². The second kappa shape index (κ2) is 8.93. The van der Waals surface area contributed by atoms with Gasteiger partial charge in [0.2, 0.25) is 5.91 Å². The first-order valence-corrected chi connectivity index (χ1v) is 9.91. The van der Waals surface area contributed by atoms with Gasteiger partial charge in [-0.2, -0.15) is 0 Å². The molecule has 5 amide bonds. The first kappa shape index (κ1) is 20.6. The number of carbonyl (C=O) groups is 4. The van der Waals surface area contributed by atoms with Crippen molar-refractivity contribution >= 4 is 23.8 Å². The number of imide groups is 1. The number of ether oxygens (including phenoxy) is 1. The van der Waals surface area contributed by atoms with Crippen LogP contribution in [0.1, 0.15) is 55.8 Å². The van der Waals surface area contributed by atoms with Crippen molar-refractivity contribution in [2.45, 2.75) is 51.0 Å². The van der Waals surface area contributed by atoms with Gasteiger partial charge in [-0.1, -0.05) is 12.8 Å². The molecular weight excluding hydrogens is 376 g/mol. The summed E-state index contributed by atoms with van der Waals surface area (Å²) >= 11 is 0. The van der Waals surface area contributed by atoms with Crippen molar-refractivity contribution in [3.63, 3.8) is 0 Å². The average molecular weight is 402 g/mol. The van der Waals surface area contributed by atoms with Crippen LogP contribution in [0.3, 0.4) is 0 Å². The fraction of sp³-hybridized carbons (Fsp3) is 0.500. The average Bonchev–Trinajstić information content (AvgIpc) is 3.27. The van der Waals surface area contributed by atoms with Gasteiger partial charge in [-0.15, -0.1) is 0 Å². The van der Waals surface area contributed by atoms with Gasteiger partial charge in [0.05, 0.1) is 6.61 Å². The third-order valence-corrected chi connectivity index (χ3v) is 5.23. The molecule has 9 nitrogen and oxygen atoms in total. The predicted molar refractivity (Wildman–Crippen MR) is 104 cm³/mol. The van der Waals surface area contributed by atoms with Crippen LogP contribution in [0, 0.1) is 0 Å². The monoisotopic (exact) mass is 402 g/mol. The number of amides is 5. The summed E-state index contributed by atoms with van der Waals surface area (Å²) in [6, 6.07) is 6.16. The van der Waals surface area contributed by atoms with Crippen molar-refractivity contribution in [2.24, 2.45) is 0 Å². The number of hydrazine groups is 1. The van der Waals surface area contributed by atoms with E-state index in [1.807, 2.05) is 6.92 Å². The van der Waals surface area contributed by atoms with E-state index in [1.54, 1.807) is 24.3 Å². The summed E-state index contributed by atoms with van der Waals surface area (Å²) in [5.41, 5.74) is 4.34. The summed E-state index contributed by atoms with van der Waals surface area (Å²) in [7, 11) is 0. The topological polar surface area (TPSA) is 117 Å². The molecule has 0 radical (unpaired) electrons. The second-order valence-corrected chi connectivity index (χ2v) is 7.24. The number of benzene rings is 1. The zero-order chi connectivity index (χ0) is 20.9. The zero-order valence-corrected chi connectivity index (χ0v) is 16.5. The molecule has 0 aromatic heterocycles. The molecule has 0 bridgehead atoms. The number of urea groups is 1. The van der Waals surface area contributed by atoms with E-state index in [0.29, 0.717) is 37.2 Å². The van der Waals surface area contributed by atoms with Gasteiger partial charge in [0.15, 0.2) is 0 Å². The molecule has 1 aliphatic heterocycles. The van der Waals surface area contributed by atoms with Gasteiger partial charge in [0, 0.05) is 18.5 Å². The molecule has 0 atom stereocenters. The van der Waals surface area contributed by atoms with Crippen molar-refractivity contribution in [3.05, 3.63) is 29.8 Å². The van der Waals surface area contributed by atoms with Gasteiger partial charge in [-0.3, -0.25) is 30.1 Å². The molecule has 29 heavy (non-hydrogen) atoms. The van der Waals surface area contributed by atoms with Crippen LogP contribution in [0.15, 0.2) is 24.3 Å². The molecule has 1 saturated heterocycles. The Morgan fingerprint density at radius 1 is 1.14 bits per heavy atom. The van der Waals surface area contributed by atoms with E-state index in [4.69, 9.17) is 4.74 Å². The third-order valence-electron chi connectivity index (χ3n) is 5.23. The highest BCUT2D eigenvalue weighted by atomic mass is 16.5. The van der Waals surface area contributed by atoms with E-state index >= 15 is 0 Å². The molecule has 1 aromatic rings. The van der Waals surface area contributed by atoms with Crippen molar-refractivity contribution in [2.75, 3.05) is 13.2 Å². The molecule has 0 unspecified atom stereocenters. The Kier molecular flexibility index (Phi) is 6.36. The Balaban J connectivity index is 1.39. The number of rotatable bonds is 7. The maximum atomic E-state index is 12.5. The summed E-state index contributed by atoms with van der Waals surface area (Å²) in [4.78, 5) is 49.8. The lowest BCUT2D eigenvalue weighted by molar-refractivity contribution is -0.131. The SMILES string of the molecule is CCOc1ccc(C(=O)NNC(=O)CCCN2C(=O)NC3(CCCC3)C2=O)cc1. The molecule has 1 saturated carbocycles. The van der Waals surface area contributed by atoms with Crippen molar-refractivity contribution in [1.82, 2.24) is 21.1 Å². The maximum Gasteiger partial charge on any atom is 0.325 e. The Hall–Kier alpha value is -3.10. The van der Waals surface area contributed by atoms with E-state index in [-0.39, 0.29) is 24.9 Å². The Morgan fingerprint density at radius 3 is 2.48 bits per heavy atom. The standard InChI is InChI=1S/C20H26N4O5/c1-2-29-15-9-7-14(8-10-15)17(26)23-22-16(25)6-5-13-24-18(27)20(21-19(24)28)11-3-4-12-20/h7-10H,2-6,11-13H2,1H3,(H,21,28)(H,22,25)(H,23,26). The Morgan fingerprint density at radius 2 is 1.83 bits per heavy atom. The predicted octanol–water partition coefficient (Wildman–Crippen LogP) is 1.49. The fourth-order valence-electron chi connectivity index (χ4n) is 3.72. The van der Waals surface area contributed by atoms with Crippen LogP contribution < -0.4 is 20.9 Å². The third kappa shape index (κ3) is 4.67. The highest BCUT2D eigenvalue weighted by Gasteiger charge is 2.51. The minimum atomic E-state index is -0.731. The Labute approximate surface area is 169 Å². The number of hydrogen-bond donors (Lipinski definition) is 3. The molecule has 2 aliphatic rings. The van der Waals surface area contributed by atoms with Crippen LogP contribution in [-0.2, 0) is 9.59 Å². The van der Waals surface area contributed by atoms with E-state index in [1.165, 1.54) is 4.90 Å². The van der Waals surface area contributed by atoms with Crippen LogP contribution in [-0.4, -0.2) is 47.3 Å². The Bertz CT molecular complexity index is 787. The first-order valence-electron chi connectivity index (χ1n) is 9.91. The minimum Gasteiger partial charge on any atom is -0.494 e. The van der Waals surface area contributed by atoms with Gasteiger partial charge in [0.1, 0.15) is 11.3 Å². The highest BCUT2D eigenvalue weighted by Crippen LogP contribution is 2.35. The van der Waals surface area contributed by atoms with Crippen LogP contribution in [0.5, 0.6) is 5.75 Å². The van der Waals surface area contributed by atoms with Crippen LogP contribution in [0.4, 0.5) is 4.79 Å². The lowest BCUT2D eigenvalue weighted by atomic mass is 9.98. The van der Waals surface area contributed by atoms with E-state index in [2.05, 4.69) is 16.2 Å². The minimum absolute atomic E-state index is 0.0770. The molecular formula is C20H26N4O5. The van der Waals surface area contributed by atoms with E-state index < -0.39 is 17.4 Å². The molecule has 156 valence electrons. The van der Waals surface area contributed by atoms with Gasteiger partial charge in [-0.05, 0) is 50.5 Å². The molecule has 1 spiro atoms. The summed E-state index contributed by atoms with van der Waals surface area (Å²) < 4.78 is 5.31. The number of carbonyl (C=O) groups excluding carboxylic acids is 4. The van der Waals surface area contributed by atoms with Crippen molar-refractivity contribution in [3.8, 4) is 5.75 Å². The first-order chi connectivity index (χ1) is 13.9. The maximum absolute atomic E-state index is 12.5. The number of hydrogen-bond acceptors (Lipinski definition) is 5. The largest absolute Gasteiger partial charge is 0.494 e. The van der Waals surface area contributed by atoms with Crippen molar-refractivity contribution in [1.29, 1.82) is 0 Å². The van der Waals surface area contributed by atoms with Gasteiger partial charge in [0.25, 0.3) is 11.8 Å².